The van der Waals surface area contributed by atoms with Gasteiger partial charge in [0.05, 0.1) is 18.1 Å². The summed E-state index contributed by atoms with van der Waals surface area (Å²) in [5.41, 5.74) is 3.88. The van der Waals surface area contributed by atoms with Crippen LogP contribution in [0, 0.1) is 13.8 Å². The molecule has 28 heavy (non-hydrogen) atoms. The van der Waals surface area contributed by atoms with Gasteiger partial charge in [-0.3, -0.25) is 0 Å². The van der Waals surface area contributed by atoms with Gasteiger partial charge in [0, 0.05) is 19.0 Å². The smallest absolute Gasteiger partial charge is 0.244 e. The van der Waals surface area contributed by atoms with Crippen molar-refractivity contribution in [3.05, 3.63) is 53.3 Å². The van der Waals surface area contributed by atoms with E-state index in [9.17, 15) is 8.42 Å². The average Bonchev–Trinajstić information content (AvgIpc) is 3.01. The fourth-order valence-electron chi connectivity index (χ4n) is 3.35. The molecule has 1 N–H and O–H groups in total. The molecule has 3 rings (SSSR count). The highest BCUT2D eigenvalue weighted by molar-refractivity contribution is 7.89. The highest BCUT2D eigenvalue weighted by atomic mass is 32.2. The highest BCUT2D eigenvalue weighted by Gasteiger charge is 2.21. The summed E-state index contributed by atoms with van der Waals surface area (Å²) in [6.45, 7) is 8.27. The third-order valence-electron chi connectivity index (χ3n) is 4.90. The predicted octanol–water partition coefficient (Wildman–Crippen LogP) is 3.76. The van der Waals surface area contributed by atoms with Gasteiger partial charge in [-0.15, -0.1) is 0 Å². The van der Waals surface area contributed by atoms with Crippen molar-refractivity contribution >= 4 is 21.1 Å². The molecule has 0 aliphatic heterocycles. The molecular formula is C21H27N3O3S. The topological polar surface area (TPSA) is 73.2 Å². The Morgan fingerprint density at radius 1 is 1.14 bits per heavy atom. The minimum Gasteiger partial charge on any atom is -0.495 e. The first-order valence-corrected chi connectivity index (χ1v) is 10.8. The second kappa shape index (κ2) is 7.93. The zero-order chi connectivity index (χ0) is 20.5. The van der Waals surface area contributed by atoms with Gasteiger partial charge < -0.3 is 9.30 Å². The van der Waals surface area contributed by atoms with E-state index >= 15 is 0 Å². The number of aromatic nitrogens is 2. The predicted molar refractivity (Wildman–Crippen MR) is 111 cm³/mol. The molecule has 0 saturated heterocycles. The number of benzene rings is 2. The van der Waals surface area contributed by atoms with E-state index in [1.807, 2.05) is 38.1 Å². The van der Waals surface area contributed by atoms with Crippen LogP contribution < -0.4 is 9.46 Å². The molecule has 150 valence electrons. The van der Waals surface area contributed by atoms with Crippen LogP contribution in [0.15, 0.2) is 41.3 Å². The van der Waals surface area contributed by atoms with Crippen LogP contribution in [-0.4, -0.2) is 31.6 Å². The van der Waals surface area contributed by atoms with Crippen LogP contribution in [0.25, 0.3) is 11.0 Å². The molecule has 0 aliphatic carbocycles. The molecule has 0 unspecified atom stereocenters. The molecule has 0 radical (unpaired) electrons. The van der Waals surface area contributed by atoms with Crippen LogP contribution in [0.2, 0.25) is 0 Å². The Morgan fingerprint density at radius 3 is 2.50 bits per heavy atom. The molecule has 3 aromatic rings. The maximum Gasteiger partial charge on any atom is 0.244 e. The number of ether oxygens (including phenoxy) is 1. The van der Waals surface area contributed by atoms with Crippen molar-refractivity contribution in [2.24, 2.45) is 0 Å². The first-order valence-electron chi connectivity index (χ1n) is 9.35. The summed E-state index contributed by atoms with van der Waals surface area (Å²) in [7, 11) is -2.21. The highest BCUT2D eigenvalue weighted by Crippen LogP contribution is 2.27. The largest absolute Gasteiger partial charge is 0.495 e. The van der Waals surface area contributed by atoms with E-state index in [1.165, 1.54) is 7.11 Å². The van der Waals surface area contributed by atoms with Crippen LogP contribution in [-0.2, 0) is 16.4 Å². The molecule has 0 amide bonds. The van der Waals surface area contributed by atoms with Crippen molar-refractivity contribution in [2.75, 3.05) is 13.7 Å². The summed E-state index contributed by atoms with van der Waals surface area (Å²) in [4.78, 5) is 4.85. The van der Waals surface area contributed by atoms with Crippen molar-refractivity contribution in [3.8, 4) is 5.75 Å². The Hall–Kier alpha value is -2.38. The second-order valence-corrected chi connectivity index (χ2v) is 8.95. The molecule has 0 aliphatic rings. The number of imidazole rings is 1. The zero-order valence-electron chi connectivity index (χ0n) is 17.0. The van der Waals surface area contributed by atoms with E-state index in [0.29, 0.717) is 12.2 Å². The number of sulfonamides is 1. The Labute approximate surface area is 166 Å². The molecule has 2 aromatic carbocycles. The minimum absolute atomic E-state index is 0.162. The first kappa shape index (κ1) is 20.4. The van der Waals surface area contributed by atoms with Gasteiger partial charge in [-0.1, -0.05) is 12.1 Å². The quantitative estimate of drug-likeness (QED) is 0.654. The molecule has 7 heteroatoms. The standard InChI is InChI=1S/C21H27N3O3S/c1-14(2)24-18-9-7-6-8-17(18)23-21(24)10-11-22-28(25,26)20-13-16(4)15(3)12-19(20)27-5/h6-9,12-14,22H,10-11H2,1-5H3. The fourth-order valence-corrected chi connectivity index (χ4v) is 4.62. The van der Waals surface area contributed by atoms with Crippen LogP contribution in [0.4, 0.5) is 0 Å². The summed E-state index contributed by atoms with van der Waals surface area (Å²) in [6, 6.07) is 11.6. The second-order valence-electron chi connectivity index (χ2n) is 7.22. The SMILES string of the molecule is COc1cc(C)c(C)cc1S(=O)(=O)NCCc1nc2ccccc2n1C(C)C. The van der Waals surface area contributed by atoms with Crippen molar-refractivity contribution in [2.45, 2.75) is 45.1 Å². The number of nitrogens with zero attached hydrogens (tertiary/aromatic N) is 2. The maximum absolute atomic E-state index is 12.8. The van der Waals surface area contributed by atoms with Gasteiger partial charge in [0.2, 0.25) is 10.0 Å². The maximum atomic E-state index is 12.8. The van der Waals surface area contributed by atoms with Crippen LogP contribution in [0.3, 0.4) is 0 Å². The van der Waals surface area contributed by atoms with Crippen molar-refractivity contribution in [3.63, 3.8) is 0 Å². The number of hydrogen-bond donors (Lipinski definition) is 1. The van der Waals surface area contributed by atoms with E-state index < -0.39 is 10.0 Å². The van der Waals surface area contributed by atoms with E-state index in [2.05, 4.69) is 28.1 Å². The summed E-state index contributed by atoms with van der Waals surface area (Å²) in [5.74, 6) is 1.22. The molecular weight excluding hydrogens is 374 g/mol. The van der Waals surface area contributed by atoms with E-state index in [4.69, 9.17) is 4.74 Å². The van der Waals surface area contributed by atoms with Gasteiger partial charge in [0.1, 0.15) is 16.5 Å². The zero-order valence-corrected chi connectivity index (χ0v) is 17.8. The molecule has 0 spiro atoms. The molecule has 1 heterocycles. The van der Waals surface area contributed by atoms with Gasteiger partial charge in [0.25, 0.3) is 0 Å². The van der Waals surface area contributed by atoms with Crippen LogP contribution >= 0.6 is 0 Å². The number of para-hydroxylation sites is 2. The molecule has 0 atom stereocenters. The van der Waals surface area contributed by atoms with Gasteiger partial charge in [0.15, 0.2) is 0 Å². The Balaban J connectivity index is 1.83. The fraction of sp³-hybridized carbons (Fsp3) is 0.381. The minimum atomic E-state index is -3.69. The lowest BCUT2D eigenvalue weighted by Crippen LogP contribution is -2.27. The number of fused-ring (bicyclic) bond motifs is 1. The van der Waals surface area contributed by atoms with E-state index in [0.717, 1.165) is 28.0 Å². The van der Waals surface area contributed by atoms with Crippen molar-refractivity contribution < 1.29 is 13.2 Å². The molecule has 0 bridgehead atoms. The number of rotatable bonds is 7. The van der Waals surface area contributed by atoms with Crippen molar-refractivity contribution in [1.82, 2.24) is 14.3 Å². The van der Waals surface area contributed by atoms with Crippen LogP contribution in [0.1, 0.15) is 36.8 Å². The number of nitrogens with one attached hydrogen (secondary N) is 1. The average molecular weight is 402 g/mol. The lowest BCUT2D eigenvalue weighted by atomic mass is 10.1. The Kier molecular flexibility index (Phi) is 5.76. The summed E-state index contributed by atoms with van der Waals surface area (Å²) >= 11 is 0. The first-order chi connectivity index (χ1) is 13.2. The number of aryl methyl sites for hydroxylation is 2. The van der Waals surface area contributed by atoms with E-state index in [1.54, 1.807) is 12.1 Å². The summed E-state index contributed by atoms with van der Waals surface area (Å²) in [5, 5.41) is 0. The van der Waals surface area contributed by atoms with Gasteiger partial charge in [-0.05, 0) is 63.1 Å². The van der Waals surface area contributed by atoms with Gasteiger partial charge in [-0.25, -0.2) is 18.1 Å². The van der Waals surface area contributed by atoms with Crippen LogP contribution in [0.5, 0.6) is 5.75 Å². The molecule has 6 nitrogen and oxygen atoms in total. The van der Waals surface area contributed by atoms with E-state index in [-0.39, 0.29) is 17.5 Å². The van der Waals surface area contributed by atoms with Gasteiger partial charge >= 0.3 is 0 Å². The van der Waals surface area contributed by atoms with Crippen molar-refractivity contribution in [1.29, 1.82) is 0 Å². The summed E-state index contributed by atoms with van der Waals surface area (Å²) < 4.78 is 35.8. The molecule has 0 saturated carbocycles. The molecule has 1 aromatic heterocycles. The molecule has 0 fully saturated rings. The summed E-state index contributed by atoms with van der Waals surface area (Å²) in [6.07, 6.45) is 0.499. The number of methoxy groups -OCH3 is 1. The Bertz CT molecular complexity index is 1100. The lowest BCUT2D eigenvalue weighted by molar-refractivity contribution is 0.402. The normalized spacial score (nSPS) is 12.1. The number of hydrogen-bond acceptors (Lipinski definition) is 4. The third-order valence-corrected chi connectivity index (χ3v) is 6.38. The lowest BCUT2D eigenvalue weighted by Gasteiger charge is -2.15. The monoisotopic (exact) mass is 401 g/mol. The third kappa shape index (κ3) is 3.91. The Morgan fingerprint density at radius 2 is 1.82 bits per heavy atom. The van der Waals surface area contributed by atoms with Gasteiger partial charge in [-0.2, -0.15) is 0 Å².